The molecule has 0 heterocycles. The van der Waals surface area contributed by atoms with E-state index in [4.69, 9.17) is 13.8 Å². The average Bonchev–Trinajstić information content (AvgIpc) is 3.14. The lowest BCUT2D eigenvalue weighted by atomic mass is 10.1. The maximum Gasteiger partial charge on any atom is 0.472 e. The Hall–Kier alpha value is -3.34. The van der Waals surface area contributed by atoms with Crippen LogP contribution in [0, 0.1) is 0 Å². The molecule has 0 aliphatic heterocycles. The Kier molecular flexibility index (Phi) is 34.4. The Labute approximate surface area is 324 Å². The summed E-state index contributed by atoms with van der Waals surface area (Å²) in [4.78, 5) is 45.7. The molecule has 0 spiro atoms. The van der Waals surface area contributed by atoms with E-state index in [-0.39, 0.29) is 12.8 Å². The molecule has 54 heavy (non-hydrogen) atoms. The molecule has 0 saturated heterocycles. The van der Waals surface area contributed by atoms with Gasteiger partial charge in [0.25, 0.3) is 0 Å². The monoisotopic (exact) mass is 777 g/mol. The van der Waals surface area contributed by atoms with Gasteiger partial charge < -0.3 is 25.2 Å². The number of hydrogen-bond acceptors (Lipinski definition) is 8. The molecule has 0 aliphatic rings. The van der Waals surface area contributed by atoms with Crippen molar-refractivity contribution >= 4 is 25.7 Å². The van der Waals surface area contributed by atoms with Crippen LogP contribution in [-0.2, 0) is 32.7 Å². The Morgan fingerprint density at radius 1 is 0.593 bits per heavy atom. The molecular weight excluding hydrogens is 709 g/mol. The number of esters is 1. The number of carboxylic acids is 1. The van der Waals surface area contributed by atoms with Gasteiger partial charge in [0.05, 0.1) is 13.2 Å². The third-order valence-corrected chi connectivity index (χ3v) is 8.63. The summed E-state index contributed by atoms with van der Waals surface area (Å²) < 4.78 is 26.7. The molecule has 0 fully saturated rings. The molecule has 0 radical (unpaired) electrons. The van der Waals surface area contributed by atoms with Crippen LogP contribution in [0.2, 0.25) is 0 Å². The quantitative estimate of drug-likeness (QED) is 0.0210. The van der Waals surface area contributed by atoms with Crippen LogP contribution in [0.25, 0.3) is 0 Å². The zero-order valence-electron chi connectivity index (χ0n) is 32.7. The number of carboxylic acid groups (broad SMARTS) is 1. The molecule has 4 N–H and O–H groups in total. The third-order valence-electron chi connectivity index (χ3n) is 7.68. The van der Waals surface area contributed by atoms with Gasteiger partial charge in [-0.1, -0.05) is 118 Å². The number of ether oxygens (including phenoxy) is 1. The lowest BCUT2D eigenvalue weighted by Crippen LogP contribution is -2.43. The summed E-state index contributed by atoms with van der Waals surface area (Å²) in [7, 11) is -4.77. The number of nitrogens with one attached hydrogen (secondary N) is 1. The summed E-state index contributed by atoms with van der Waals surface area (Å²) in [5.74, 6) is -2.47. The van der Waals surface area contributed by atoms with Gasteiger partial charge in [0.15, 0.2) is 6.04 Å². The van der Waals surface area contributed by atoms with E-state index in [0.29, 0.717) is 12.8 Å². The second kappa shape index (κ2) is 36.6. The molecule has 0 aromatic rings. The predicted octanol–water partition coefficient (Wildman–Crippen LogP) is 9.55. The first-order valence-corrected chi connectivity index (χ1v) is 21.1. The molecule has 1 amide bonds. The first kappa shape index (κ1) is 50.7. The zero-order chi connectivity index (χ0) is 40.0. The van der Waals surface area contributed by atoms with Crippen molar-refractivity contribution in [3.8, 4) is 0 Å². The molecule has 0 saturated carbocycles. The standard InChI is InChI=1S/C42H68NO10P/c1-3-5-7-9-11-13-15-17-19-21-23-25-27-29-31-33-40(45)43-39(42(47)48)37-53-54(49,50)52-36-38(44)35-51-41(46)34-32-30-28-26-24-22-20-18-16-14-12-10-8-6-4-2/h5-8,11-14,17-20,23,25,38-39,44H,3-4,9-10,15-16,21-22,24,26-37H2,1-2H3,(H,43,45)(H,47,48)(H,49,50)/b7-5-,8-6-,13-11-,14-12-,19-17-,20-18-,25-23-. The predicted molar refractivity (Wildman–Crippen MR) is 217 cm³/mol. The number of aliphatic carboxylic acids is 1. The number of hydrogen-bond donors (Lipinski definition) is 4. The first-order chi connectivity index (χ1) is 26.1. The van der Waals surface area contributed by atoms with Gasteiger partial charge in [0, 0.05) is 12.8 Å². The third kappa shape index (κ3) is 35.7. The molecular formula is C42H68NO10P. The average molecular weight is 778 g/mol. The van der Waals surface area contributed by atoms with Crippen molar-refractivity contribution in [2.75, 3.05) is 19.8 Å². The van der Waals surface area contributed by atoms with Gasteiger partial charge in [0.2, 0.25) is 5.91 Å². The van der Waals surface area contributed by atoms with Crippen LogP contribution in [0.1, 0.15) is 129 Å². The van der Waals surface area contributed by atoms with Crippen LogP contribution in [0.5, 0.6) is 0 Å². The van der Waals surface area contributed by atoms with E-state index in [0.717, 1.165) is 89.9 Å². The van der Waals surface area contributed by atoms with E-state index >= 15 is 0 Å². The smallest absolute Gasteiger partial charge is 0.472 e. The van der Waals surface area contributed by atoms with E-state index in [1.54, 1.807) is 0 Å². The van der Waals surface area contributed by atoms with Gasteiger partial charge in [-0.25, -0.2) is 9.36 Å². The van der Waals surface area contributed by atoms with E-state index < -0.39 is 57.6 Å². The van der Waals surface area contributed by atoms with E-state index in [1.807, 2.05) is 6.08 Å². The van der Waals surface area contributed by atoms with Crippen molar-refractivity contribution in [3.05, 3.63) is 85.1 Å². The van der Waals surface area contributed by atoms with Crippen LogP contribution < -0.4 is 5.32 Å². The second-order valence-corrected chi connectivity index (χ2v) is 14.2. The number of aliphatic hydroxyl groups excluding tert-OH is 1. The Bertz CT molecular complexity index is 1240. The molecule has 3 unspecified atom stereocenters. The lowest BCUT2D eigenvalue weighted by molar-refractivity contribution is -0.147. The first-order valence-electron chi connectivity index (χ1n) is 19.6. The molecule has 0 rings (SSSR count). The molecule has 0 bridgehead atoms. The number of aliphatic hydroxyl groups is 1. The fraction of sp³-hybridized carbons (Fsp3) is 0.595. The van der Waals surface area contributed by atoms with Crippen molar-refractivity contribution in [2.45, 2.75) is 142 Å². The topological polar surface area (TPSA) is 169 Å². The van der Waals surface area contributed by atoms with Crippen molar-refractivity contribution in [1.29, 1.82) is 0 Å². The summed E-state index contributed by atoms with van der Waals surface area (Å²) in [6.45, 7) is 2.28. The minimum absolute atomic E-state index is 0.0870. The van der Waals surface area contributed by atoms with Gasteiger partial charge in [-0.15, -0.1) is 0 Å². The Morgan fingerprint density at radius 3 is 1.54 bits per heavy atom. The molecule has 3 atom stereocenters. The minimum atomic E-state index is -4.77. The van der Waals surface area contributed by atoms with Crippen molar-refractivity contribution in [1.82, 2.24) is 5.32 Å². The second-order valence-electron chi connectivity index (χ2n) is 12.7. The van der Waals surface area contributed by atoms with E-state index in [9.17, 15) is 34.1 Å². The highest BCUT2D eigenvalue weighted by Gasteiger charge is 2.28. The fourth-order valence-electron chi connectivity index (χ4n) is 4.67. The van der Waals surface area contributed by atoms with Crippen molar-refractivity contribution in [3.63, 3.8) is 0 Å². The summed E-state index contributed by atoms with van der Waals surface area (Å²) in [5, 5.41) is 21.7. The maximum absolute atomic E-state index is 12.3. The number of rotatable bonds is 35. The minimum Gasteiger partial charge on any atom is -0.480 e. The van der Waals surface area contributed by atoms with Crippen LogP contribution in [0.15, 0.2) is 85.1 Å². The van der Waals surface area contributed by atoms with Gasteiger partial charge in [-0.2, -0.15) is 0 Å². The normalized spacial score (nSPS) is 14.7. The molecule has 11 nitrogen and oxygen atoms in total. The van der Waals surface area contributed by atoms with Gasteiger partial charge in [-0.3, -0.25) is 18.6 Å². The van der Waals surface area contributed by atoms with Gasteiger partial charge >= 0.3 is 19.8 Å². The highest BCUT2D eigenvalue weighted by Crippen LogP contribution is 2.43. The van der Waals surface area contributed by atoms with Crippen molar-refractivity contribution in [2.24, 2.45) is 0 Å². The maximum atomic E-state index is 12.3. The highest BCUT2D eigenvalue weighted by atomic mass is 31.2. The molecule has 0 aliphatic carbocycles. The SMILES string of the molecule is CC/C=C\C/C=C\C/C=C\C/C=C\CCCCC(=O)NC(COP(=O)(O)OCC(O)COC(=O)CCCCCCC/C=C\C/C=C\C/C=C\CC)C(=O)O. The molecule has 0 aromatic carbocycles. The number of allylic oxidation sites excluding steroid dienone is 14. The zero-order valence-corrected chi connectivity index (χ0v) is 33.6. The largest absolute Gasteiger partial charge is 0.480 e. The molecule has 0 aromatic heterocycles. The summed E-state index contributed by atoms with van der Waals surface area (Å²) in [6, 6.07) is -1.57. The summed E-state index contributed by atoms with van der Waals surface area (Å²) >= 11 is 0. The van der Waals surface area contributed by atoms with Crippen LogP contribution >= 0.6 is 7.82 Å². The van der Waals surface area contributed by atoms with E-state index in [2.05, 4.69) is 98.2 Å². The summed E-state index contributed by atoms with van der Waals surface area (Å²) in [6.07, 6.45) is 43.3. The number of carbonyl (C=O) groups excluding carboxylic acids is 2. The van der Waals surface area contributed by atoms with Crippen molar-refractivity contribution < 1.29 is 47.8 Å². The number of amides is 1. The number of phosphoric acid groups is 1. The van der Waals surface area contributed by atoms with Crippen LogP contribution in [0.4, 0.5) is 0 Å². The lowest BCUT2D eigenvalue weighted by Gasteiger charge is -2.18. The highest BCUT2D eigenvalue weighted by molar-refractivity contribution is 7.47. The number of phosphoric ester groups is 1. The van der Waals surface area contributed by atoms with Crippen LogP contribution in [-0.4, -0.2) is 64.9 Å². The molecule has 12 heteroatoms. The summed E-state index contributed by atoms with van der Waals surface area (Å²) in [5.41, 5.74) is 0. The number of unbranched alkanes of at least 4 members (excludes halogenated alkanes) is 7. The number of carbonyl (C=O) groups is 3. The fourth-order valence-corrected chi connectivity index (χ4v) is 5.44. The van der Waals surface area contributed by atoms with Crippen LogP contribution in [0.3, 0.4) is 0 Å². The van der Waals surface area contributed by atoms with E-state index in [1.165, 1.54) is 0 Å². The van der Waals surface area contributed by atoms with Gasteiger partial charge in [0.1, 0.15) is 12.7 Å². The Balaban J connectivity index is 4.05. The molecule has 306 valence electrons. The van der Waals surface area contributed by atoms with Gasteiger partial charge in [-0.05, 0) is 83.5 Å². The Morgan fingerprint density at radius 2 is 1.02 bits per heavy atom.